The van der Waals surface area contributed by atoms with Gasteiger partial charge in [0.2, 0.25) is 6.79 Å². The Hall–Kier alpha value is -3.79. The molecule has 176 valence electrons. The highest BCUT2D eigenvalue weighted by Gasteiger charge is 2.02. The van der Waals surface area contributed by atoms with Crippen LogP contribution in [0.15, 0.2) is 85.1 Å². The van der Waals surface area contributed by atoms with Gasteiger partial charge in [-0.15, -0.1) is 0 Å². The quantitative estimate of drug-likeness (QED) is 0.0720. The summed E-state index contributed by atoms with van der Waals surface area (Å²) in [6.07, 6.45) is 11.1. The molecule has 0 unspecified atom stereocenters. The van der Waals surface area contributed by atoms with Gasteiger partial charge in [0, 0.05) is 6.08 Å². The average molecular weight is 457 g/mol. The fourth-order valence-electron chi connectivity index (χ4n) is 3.35. The van der Waals surface area contributed by atoms with E-state index in [2.05, 4.69) is 50.2 Å². The number of hydrogen-bond donors (Lipinski definition) is 0. The molecule has 0 saturated carbocycles. The molecule has 0 heterocycles. The molecule has 0 aliphatic heterocycles. The molecule has 0 aromatic heterocycles. The molecule has 4 nitrogen and oxygen atoms in total. The predicted octanol–water partition coefficient (Wildman–Crippen LogP) is 7.23. The van der Waals surface area contributed by atoms with E-state index < -0.39 is 5.97 Å². The van der Waals surface area contributed by atoms with Crippen LogP contribution in [-0.2, 0) is 22.4 Å². The average Bonchev–Trinajstić information content (AvgIpc) is 2.86. The van der Waals surface area contributed by atoms with Crippen molar-refractivity contribution in [2.24, 2.45) is 0 Å². The first kappa shape index (κ1) is 24.8. The van der Waals surface area contributed by atoms with Crippen molar-refractivity contribution in [3.63, 3.8) is 0 Å². The molecule has 3 aromatic rings. The maximum atomic E-state index is 12.1. The minimum Gasteiger partial charge on any atom is -0.465 e. The smallest absolute Gasteiger partial charge is 0.336 e. The van der Waals surface area contributed by atoms with E-state index in [4.69, 9.17) is 14.2 Å². The number of carbonyl (C=O) groups excluding carboxylic acids is 1. The minimum absolute atomic E-state index is 0.0866. The lowest BCUT2D eigenvalue weighted by molar-refractivity contribution is -0.128. The lowest BCUT2D eigenvalue weighted by atomic mass is 10.1. The summed E-state index contributed by atoms with van der Waals surface area (Å²) in [4.78, 5) is 12.1. The number of benzene rings is 3. The molecule has 0 fully saturated rings. The van der Waals surface area contributed by atoms with Crippen LogP contribution < -0.4 is 9.47 Å². The van der Waals surface area contributed by atoms with Crippen molar-refractivity contribution in [2.75, 3.05) is 6.79 Å². The molecule has 3 aromatic carbocycles. The molecule has 4 heteroatoms. The van der Waals surface area contributed by atoms with Crippen LogP contribution in [0.4, 0.5) is 0 Å². The molecule has 0 atom stereocenters. The van der Waals surface area contributed by atoms with E-state index in [0.29, 0.717) is 11.5 Å². The normalized spacial score (nSPS) is 11.1. The van der Waals surface area contributed by atoms with E-state index in [1.165, 1.54) is 17.2 Å². The van der Waals surface area contributed by atoms with E-state index in [0.717, 1.165) is 36.8 Å². The molecular formula is C30H32O4. The molecule has 0 bridgehead atoms. The number of aryl methyl sites for hydroxylation is 2. The van der Waals surface area contributed by atoms with E-state index in [-0.39, 0.29) is 6.79 Å². The summed E-state index contributed by atoms with van der Waals surface area (Å²) in [5, 5.41) is 0. The Kier molecular flexibility index (Phi) is 10.0. The molecule has 0 amide bonds. The molecule has 34 heavy (non-hydrogen) atoms. The summed E-state index contributed by atoms with van der Waals surface area (Å²) in [5.74, 6) is 0.648. The van der Waals surface area contributed by atoms with Crippen LogP contribution in [0.5, 0.6) is 11.5 Å². The summed E-state index contributed by atoms with van der Waals surface area (Å²) < 4.78 is 16.3. The molecule has 0 saturated heterocycles. The van der Waals surface area contributed by atoms with Crippen molar-refractivity contribution < 1.29 is 19.0 Å². The van der Waals surface area contributed by atoms with Crippen molar-refractivity contribution in [3.8, 4) is 11.5 Å². The summed E-state index contributed by atoms with van der Waals surface area (Å²) in [5.41, 5.74) is 4.67. The lowest BCUT2D eigenvalue weighted by Crippen LogP contribution is -2.04. The fourth-order valence-corrected chi connectivity index (χ4v) is 3.35. The highest BCUT2D eigenvalue weighted by molar-refractivity contribution is 5.88. The Morgan fingerprint density at radius 1 is 0.706 bits per heavy atom. The summed E-state index contributed by atoms with van der Waals surface area (Å²) >= 11 is 0. The van der Waals surface area contributed by atoms with Gasteiger partial charge >= 0.3 is 5.97 Å². The van der Waals surface area contributed by atoms with E-state index in [9.17, 15) is 4.79 Å². The van der Waals surface area contributed by atoms with Crippen LogP contribution >= 0.6 is 0 Å². The SMILES string of the molecule is CCCc1ccc(C=COCOc2ccc(OC(=O)C=Cc3ccc(CCC)cc3)cc2)cc1. The molecule has 0 radical (unpaired) electrons. The molecular weight excluding hydrogens is 424 g/mol. The van der Waals surface area contributed by atoms with Gasteiger partial charge in [0.25, 0.3) is 0 Å². The number of rotatable bonds is 12. The van der Waals surface area contributed by atoms with Crippen molar-refractivity contribution in [1.29, 1.82) is 0 Å². The predicted molar refractivity (Wildman–Crippen MR) is 138 cm³/mol. The van der Waals surface area contributed by atoms with Gasteiger partial charge in [0.05, 0.1) is 6.26 Å². The van der Waals surface area contributed by atoms with Crippen LogP contribution in [-0.4, -0.2) is 12.8 Å². The van der Waals surface area contributed by atoms with Gasteiger partial charge in [-0.3, -0.25) is 0 Å². The van der Waals surface area contributed by atoms with Crippen molar-refractivity contribution in [3.05, 3.63) is 107 Å². The number of ether oxygens (including phenoxy) is 3. The second kappa shape index (κ2) is 13.7. The zero-order valence-corrected chi connectivity index (χ0v) is 19.9. The second-order valence-electron chi connectivity index (χ2n) is 7.94. The largest absolute Gasteiger partial charge is 0.465 e. The Balaban J connectivity index is 1.39. The zero-order valence-electron chi connectivity index (χ0n) is 19.9. The molecule has 0 spiro atoms. The number of hydrogen-bond acceptors (Lipinski definition) is 4. The summed E-state index contributed by atoms with van der Waals surface area (Å²) in [7, 11) is 0. The van der Waals surface area contributed by atoms with Crippen LogP contribution in [0.25, 0.3) is 12.2 Å². The van der Waals surface area contributed by atoms with Crippen LogP contribution in [0, 0.1) is 0 Å². The van der Waals surface area contributed by atoms with Gasteiger partial charge in [0.15, 0.2) is 0 Å². The van der Waals surface area contributed by atoms with Gasteiger partial charge in [-0.25, -0.2) is 4.79 Å². The number of esters is 1. The Bertz CT molecular complexity index is 1060. The van der Waals surface area contributed by atoms with Gasteiger partial charge < -0.3 is 14.2 Å². The van der Waals surface area contributed by atoms with Gasteiger partial charge in [-0.2, -0.15) is 0 Å². The second-order valence-corrected chi connectivity index (χ2v) is 7.94. The highest BCUT2D eigenvalue weighted by Crippen LogP contribution is 2.18. The Morgan fingerprint density at radius 2 is 1.24 bits per heavy atom. The third-order valence-electron chi connectivity index (χ3n) is 5.14. The zero-order chi connectivity index (χ0) is 24.0. The number of carbonyl (C=O) groups is 1. The maximum absolute atomic E-state index is 12.1. The molecule has 0 N–H and O–H groups in total. The van der Waals surface area contributed by atoms with Crippen molar-refractivity contribution in [2.45, 2.75) is 39.5 Å². The van der Waals surface area contributed by atoms with Crippen LogP contribution in [0.3, 0.4) is 0 Å². The monoisotopic (exact) mass is 456 g/mol. The van der Waals surface area contributed by atoms with E-state index in [1.807, 2.05) is 18.2 Å². The summed E-state index contributed by atoms with van der Waals surface area (Å²) in [6.45, 7) is 4.42. The topological polar surface area (TPSA) is 44.8 Å². The Labute approximate surface area is 202 Å². The molecule has 0 aliphatic carbocycles. The Morgan fingerprint density at radius 3 is 1.79 bits per heavy atom. The van der Waals surface area contributed by atoms with Crippen molar-refractivity contribution in [1.82, 2.24) is 0 Å². The third-order valence-corrected chi connectivity index (χ3v) is 5.14. The third kappa shape index (κ3) is 8.62. The van der Waals surface area contributed by atoms with Gasteiger partial charge in [-0.1, -0.05) is 75.2 Å². The minimum atomic E-state index is -0.428. The molecule has 0 aliphatic rings. The fraction of sp³-hybridized carbons (Fsp3) is 0.233. The lowest BCUT2D eigenvalue weighted by Gasteiger charge is -2.07. The van der Waals surface area contributed by atoms with E-state index in [1.54, 1.807) is 36.6 Å². The first-order valence-corrected chi connectivity index (χ1v) is 11.7. The van der Waals surface area contributed by atoms with Gasteiger partial charge in [-0.05, 0) is 71.5 Å². The van der Waals surface area contributed by atoms with E-state index >= 15 is 0 Å². The summed E-state index contributed by atoms with van der Waals surface area (Å²) in [6, 6.07) is 23.4. The van der Waals surface area contributed by atoms with Crippen LogP contribution in [0.1, 0.15) is 48.9 Å². The van der Waals surface area contributed by atoms with Crippen LogP contribution in [0.2, 0.25) is 0 Å². The maximum Gasteiger partial charge on any atom is 0.336 e. The first-order chi connectivity index (χ1) is 16.7. The standard InChI is InChI=1S/C30H32O4/c1-3-5-24-7-11-26(12-8-24)15-20-30(31)34-29-18-16-28(17-19-29)33-23-32-22-21-27-13-9-25(6-4-2)10-14-27/h7-22H,3-6,23H2,1-2H3. The van der Waals surface area contributed by atoms with Crippen molar-refractivity contribution >= 4 is 18.1 Å². The molecule has 3 rings (SSSR count). The first-order valence-electron chi connectivity index (χ1n) is 11.7. The van der Waals surface area contributed by atoms with Gasteiger partial charge in [0.1, 0.15) is 11.5 Å². The highest BCUT2D eigenvalue weighted by atomic mass is 16.7.